The molecule has 5 heterocycles. The average molecular weight is 1250 g/mol. The second-order valence-corrected chi connectivity index (χ2v) is 21.2. The summed E-state index contributed by atoms with van der Waals surface area (Å²) in [6.45, 7) is 10.0. The molecule has 0 aliphatic carbocycles. The summed E-state index contributed by atoms with van der Waals surface area (Å²) >= 11 is 0. The van der Waals surface area contributed by atoms with E-state index in [1.54, 1.807) is 22.5 Å². The lowest BCUT2D eigenvalue weighted by Crippen LogP contribution is -2.56. The summed E-state index contributed by atoms with van der Waals surface area (Å²) in [4.78, 5) is 148. The van der Waals surface area contributed by atoms with Crippen molar-refractivity contribution in [2.24, 2.45) is 5.73 Å². The van der Waals surface area contributed by atoms with Crippen molar-refractivity contribution in [1.29, 1.82) is 0 Å². The molecule has 29 nitrogen and oxygen atoms in total. The number of primary amides is 1. The molecule has 0 radical (unpaired) electrons. The number of benzene rings is 1. The Hall–Kier alpha value is -8.06. The molecule has 0 saturated heterocycles. The fourth-order valence-electron chi connectivity index (χ4n) is 9.83. The van der Waals surface area contributed by atoms with Gasteiger partial charge in [-0.25, -0.2) is 9.78 Å². The number of para-hydroxylation sites is 1. The van der Waals surface area contributed by atoms with Crippen molar-refractivity contribution >= 4 is 70.0 Å². The number of hydrogen-bond donors (Lipinski definition) is 7. The van der Waals surface area contributed by atoms with Crippen molar-refractivity contribution < 1.29 is 86.2 Å². The van der Waals surface area contributed by atoms with Crippen LogP contribution in [0.15, 0.2) is 47.3 Å². The number of fused-ring (bicyclic) bond motifs is 5. The maximum atomic E-state index is 14.0. The van der Waals surface area contributed by atoms with E-state index in [2.05, 4.69) is 26.6 Å². The van der Waals surface area contributed by atoms with Crippen LogP contribution in [0.2, 0.25) is 0 Å². The molecular formula is C60H82N10O19. The summed E-state index contributed by atoms with van der Waals surface area (Å²) in [5.74, 6) is -6.30. The lowest BCUT2D eigenvalue weighted by molar-refractivity contribution is -0.172. The Labute approximate surface area is 514 Å². The van der Waals surface area contributed by atoms with Gasteiger partial charge in [-0.15, -0.1) is 0 Å². The summed E-state index contributed by atoms with van der Waals surface area (Å²) in [5.41, 5.74) is 6.59. The van der Waals surface area contributed by atoms with Crippen molar-refractivity contribution in [3.63, 3.8) is 0 Å². The molecule has 8 N–H and O–H groups in total. The molecule has 0 fully saturated rings. The van der Waals surface area contributed by atoms with Gasteiger partial charge in [-0.05, 0) is 50.8 Å². The van der Waals surface area contributed by atoms with Crippen molar-refractivity contribution in [2.75, 3.05) is 112 Å². The first-order valence-electron chi connectivity index (χ1n) is 29.9. The molecule has 2 aromatic heterocycles. The van der Waals surface area contributed by atoms with Gasteiger partial charge in [0, 0.05) is 67.7 Å². The Morgan fingerprint density at radius 3 is 1.94 bits per heavy atom. The number of nitrogens with one attached hydrogen (secondary N) is 5. The number of pyridine rings is 2. The first kappa shape index (κ1) is 70.0. The third-order valence-electron chi connectivity index (χ3n) is 14.8. The van der Waals surface area contributed by atoms with Gasteiger partial charge in [0.15, 0.2) is 5.60 Å². The summed E-state index contributed by atoms with van der Waals surface area (Å²) in [7, 11) is 0. The maximum absolute atomic E-state index is 14.0. The largest absolute Gasteiger partial charge is 0.458 e. The third kappa shape index (κ3) is 20.2. The first-order chi connectivity index (χ1) is 42.8. The van der Waals surface area contributed by atoms with E-state index in [0.717, 1.165) is 27.8 Å². The van der Waals surface area contributed by atoms with Crippen LogP contribution >= 0.6 is 0 Å². The van der Waals surface area contributed by atoms with Gasteiger partial charge < -0.3 is 80.0 Å². The number of nitrogens with zero attached hydrogens (tertiary/aromatic N) is 4. The van der Waals surface area contributed by atoms with Gasteiger partial charge in [-0.2, -0.15) is 0 Å². The summed E-state index contributed by atoms with van der Waals surface area (Å²) < 4.78 is 39.5. The lowest BCUT2D eigenvalue weighted by Gasteiger charge is -2.31. The number of hydrogen-bond acceptors (Lipinski definition) is 20. The lowest BCUT2D eigenvalue weighted by atomic mass is 9.86. The number of carbonyl (C=O) groups excluding carboxylic acids is 10. The number of nitrogens with two attached hydrogens (primary N) is 1. The Kier molecular flexibility index (Phi) is 27.7. The molecule has 9 amide bonds. The minimum atomic E-state index is -2.00. The molecule has 0 spiro atoms. The van der Waals surface area contributed by atoms with Crippen molar-refractivity contribution in [3.05, 3.63) is 75.1 Å². The summed E-state index contributed by atoms with van der Waals surface area (Å²) in [6, 6.07) is 5.24. The van der Waals surface area contributed by atoms with Gasteiger partial charge in [0.25, 0.3) is 17.4 Å². The zero-order valence-corrected chi connectivity index (χ0v) is 50.8. The molecule has 3 aliphatic heterocycles. The number of carbonyl (C=O) groups is 10. The predicted octanol–water partition coefficient (Wildman–Crippen LogP) is -1.34. The van der Waals surface area contributed by atoms with Crippen LogP contribution in [0.1, 0.15) is 88.5 Å². The standard InChI is InChI=1S/C60H82N10O19/c1-5-7-18-68(19-14-40-41-10-8-9-11-45(41)66-54-42(40)36-70-47(54)33-44-43(58(70)80)37-89-59(81)60(44,82)6-2)53(76)35-63-57(79)46(34-48(61)71)67-56(78)39(4)65-55(77)38(3)64-50(73)16-21-83-23-25-85-27-29-87-31-32-88-30-28-86-26-24-84-22-17-62-49(72)15-20-69-51(74)12-13-52(69)75/h8-13,33,38-39,46,82H,5-7,14-32,34-37H2,1-4H3,(H2,61,71)(H,62,72)(H,63,79)(H,64,73)(H,65,77)(H,67,78)/t38-,39-,46-,60-/m0/s1. The number of esters is 1. The highest BCUT2D eigenvalue weighted by Crippen LogP contribution is 2.40. The topological polar surface area (TPSA) is 383 Å². The SMILES string of the molecule is CCCCN(CCc1c2c(nc3ccccc13)-c1cc3c(c(=O)n1C2)COC(=O)[C@]3(O)CC)C(=O)CNC(=O)[C@H](CC(N)=O)NC(=O)[C@H](C)NC(=O)[C@H](C)NC(=O)CCOCCOCCOCCOCCOCCOCCNC(=O)CCN1C(=O)C=CC1=O. The van der Waals surface area contributed by atoms with Crippen LogP contribution in [0.3, 0.4) is 0 Å². The van der Waals surface area contributed by atoms with Crippen LogP contribution in [-0.4, -0.2) is 214 Å². The number of imide groups is 1. The minimum Gasteiger partial charge on any atom is -0.458 e. The molecule has 6 rings (SSSR count). The Bertz CT molecular complexity index is 3100. The highest BCUT2D eigenvalue weighted by molar-refractivity contribution is 6.13. The van der Waals surface area contributed by atoms with Crippen LogP contribution in [0.5, 0.6) is 0 Å². The number of aromatic nitrogens is 2. The van der Waals surface area contributed by atoms with Crippen LogP contribution < -0.4 is 37.9 Å². The van der Waals surface area contributed by atoms with Gasteiger partial charge >= 0.3 is 5.97 Å². The monoisotopic (exact) mass is 1250 g/mol. The highest BCUT2D eigenvalue weighted by atomic mass is 16.6. The van der Waals surface area contributed by atoms with Gasteiger partial charge in [0.2, 0.25) is 41.4 Å². The van der Waals surface area contributed by atoms with Crippen LogP contribution in [0.4, 0.5) is 0 Å². The zero-order valence-electron chi connectivity index (χ0n) is 50.8. The van der Waals surface area contributed by atoms with Crippen molar-refractivity contribution in [1.82, 2.24) is 45.9 Å². The second-order valence-electron chi connectivity index (χ2n) is 21.2. The van der Waals surface area contributed by atoms with Gasteiger partial charge in [-0.1, -0.05) is 38.5 Å². The van der Waals surface area contributed by atoms with E-state index < -0.39 is 95.5 Å². The van der Waals surface area contributed by atoms with E-state index >= 15 is 0 Å². The molecule has 486 valence electrons. The number of rotatable bonds is 41. The molecule has 29 heteroatoms. The zero-order chi connectivity index (χ0) is 64.5. The smallest absolute Gasteiger partial charge is 0.343 e. The number of amides is 9. The summed E-state index contributed by atoms with van der Waals surface area (Å²) in [6.07, 6.45) is 3.34. The average Bonchev–Trinajstić information content (AvgIpc) is 1.64. The second kappa shape index (κ2) is 35.2. The molecular weight excluding hydrogens is 1160 g/mol. The van der Waals surface area contributed by atoms with Crippen LogP contribution in [0, 0.1) is 0 Å². The Morgan fingerprint density at radius 1 is 0.730 bits per heavy atom. The minimum absolute atomic E-state index is 0.0102. The number of cyclic esters (lactones) is 1. The van der Waals surface area contributed by atoms with E-state index in [-0.39, 0.29) is 95.5 Å². The molecule has 0 saturated carbocycles. The van der Waals surface area contributed by atoms with Gasteiger partial charge in [0.1, 0.15) is 24.7 Å². The Balaban J connectivity index is 0.823. The number of ether oxygens (including phenoxy) is 7. The van der Waals surface area contributed by atoms with Gasteiger partial charge in [-0.3, -0.25) is 52.8 Å². The van der Waals surface area contributed by atoms with E-state index in [0.29, 0.717) is 89.1 Å². The molecule has 89 heavy (non-hydrogen) atoms. The third-order valence-corrected chi connectivity index (χ3v) is 14.8. The fraction of sp³-hybridized carbons (Fsp3) is 0.567. The predicted molar refractivity (Wildman–Crippen MR) is 317 cm³/mol. The molecule has 4 atom stereocenters. The molecule has 3 aliphatic rings. The maximum Gasteiger partial charge on any atom is 0.343 e. The van der Waals surface area contributed by atoms with Crippen LogP contribution in [-0.2, 0) is 106 Å². The van der Waals surface area contributed by atoms with Crippen molar-refractivity contribution in [3.8, 4) is 11.4 Å². The van der Waals surface area contributed by atoms with Gasteiger partial charge in [0.05, 0.1) is 121 Å². The van der Waals surface area contributed by atoms with Crippen molar-refractivity contribution in [2.45, 2.75) is 110 Å². The van der Waals surface area contributed by atoms with E-state index in [1.165, 1.54) is 26.0 Å². The quantitative estimate of drug-likeness (QED) is 0.0154. The molecule has 0 bridgehead atoms. The normalized spacial score (nSPS) is 15.8. The molecule has 0 unspecified atom stereocenters. The number of aliphatic hydroxyl groups is 1. The Morgan fingerprint density at radius 2 is 1.33 bits per heavy atom. The molecule has 1 aromatic carbocycles. The van der Waals surface area contributed by atoms with E-state index in [9.17, 15) is 57.8 Å². The van der Waals surface area contributed by atoms with E-state index in [4.69, 9.17) is 43.9 Å². The van der Waals surface area contributed by atoms with E-state index in [1.807, 2.05) is 31.2 Å². The fourth-order valence-corrected chi connectivity index (χ4v) is 9.83. The molecule has 3 aromatic rings. The highest BCUT2D eigenvalue weighted by Gasteiger charge is 2.45. The first-order valence-corrected chi connectivity index (χ1v) is 29.9. The van der Waals surface area contributed by atoms with Crippen LogP contribution in [0.25, 0.3) is 22.3 Å². The summed E-state index contributed by atoms with van der Waals surface area (Å²) in [5, 5.41) is 24.8. The number of unbranched alkanes of at least 4 members (excludes halogenated alkanes) is 1.